The van der Waals surface area contributed by atoms with Crippen LogP contribution in [0.1, 0.15) is 32.2 Å². The minimum Gasteiger partial charge on any atom is -0.364 e. The van der Waals surface area contributed by atoms with Gasteiger partial charge >= 0.3 is 0 Å². The molecule has 0 aliphatic heterocycles. The van der Waals surface area contributed by atoms with Crippen LogP contribution in [0.4, 0.5) is 5.69 Å². The second-order valence-corrected chi connectivity index (χ2v) is 6.39. The number of carbonyl (C=O) groups is 2. The van der Waals surface area contributed by atoms with Crippen LogP contribution >= 0.6 is 0 Å². The molecule has 3 aromatic heterocycles. The van der Waals surface area contributed by atoms with E-state index in [0.29, 0.717) is 28.0 Å². The minimum atomic E-state index is -0.640. The maximum atomic E-state index is 12.5. The fraction of sp³-hybridized carbons (Fsp3) is 0.105. The van der Waals surface area contributed by atoms with Gasteiger partial charge in [-0.15, -0.1) is 0 Å². The third-order valence-electron chi connectivity index (χ3n) is 4.29. The van der Waals surface area contributed by atoms with E-state index in [1.165, 1.54) is 6.20 Å². The first-order valence-electron chi connectivity index (χ1n) is 8.51. The van der Waals surface area contributed by atoms with Gasteiger partial charge in [-0.05, 0) is 50.2 Å². The Labute approximate surface area is 159 Å². The van der Waals surface area contributed by atoms with E-state index < -0.39 is 5.91 Å². The van der Waals surface area contributed by atoms with Crippen LogP contribution in [0.2, 0.25) is 0 Å². The zero-order valence-corrected chi connectivity index (χ0v) is 15.2. The number of benzene rings is 1. The Morgan fingerprint density at radius 3 is 2.61 bits per heavy atom. The molecule has 2 amide bonds. The van der Waals surface area contributed by atoms with Gasteiger partial charge in [-0.25, -0.2) is 9.67 Å². The number of pyridine rings is 1. The van der Waals surface area contributed by atoms with Gasteiger partial charge in [-0.2, -0.15) is 10.2 Å². The molecule has 3 heterocycles. The highest BCUT2D eigenvalue weighted by Gasteiger charge is 2.13. The lowest BCUT2D eigenvalue weighted by Crippen LogP contribution is -2.13. The highest BCUT2D eigenvalue weighted by atomic mass is 16.2. The highest BCUT2D eigenvalue weighted by Crippen LogP contribution is 2.21. The summed E-state index contributed by atoms with van der Waals surface area (Å²) in [5.41, 5.74) is 8.87. The monoisotopic (exact) mass is 375 g/mol. The van der Waals surface area contributed by atoms with E-state index in [-0.39, 0.29) is 11.6 Å². The number of fused-ring (bicyclic) bond motifs is 1. The number of rotatable bonds is 4. The molecule has 4 N–H and O–H groups in total. The van der Waals surface area contributed by atoms with Gasteiger partial charge in [-0.3, -0.25) is 14.7 Å². The van der Waals surface area contributed by atoms with Gasteiger partial charge in [-0.1, -0.05) is 0 Å². The summed E-state index contributed by atoms with van der Waals surface area (Å²) in [6.07, 6.45) is 1.49. The first kappa shape index (κ1) is 17.4. The summed E-state index contributed by atoms with van der Waals surface area (Å²) in [5.74, 6) is -0.331. The summed E-state index contributed by atoms with van der Waals surface area (Å²) in [6, 6.07) is 10.4. The predicted molar refractivity (Wildman–Crippen MR) is 103 cm³/mol. The van der Waals surface area contributed by atoms with Gasteiger partial charge in [0, 0.05) is 23.0 Å². The smallest absolute Gasteiger partial charge is 0.269 e. The van der Waals surface area contributed by atoms with Crippen molar-refractivity contribution in [2.45, 2.75) is 13.8 Å². The second-order valence-electron chi connectivity index (χ2n) is 6.39. The molecule has 0 radical (unpaired) electrons. The Morgan fingerprint density at radius 1 is 1.14 bits per heavy atom. The average molecular weight is 375 g/mol. The number of primary amides is 1. The molecule has 0 bridgehead atoms. The van der Waals surface area contributed by atoms with Crippen LogP contribution in [0, 0.1) is 13.8 Å². The molecule has 0 saturated heterocycles. The van der Waals surface area contributed by atoms with Crippen molar-refractivity contribution in [1.29, 1.82) is 0 Å². The van der Waals surface area contributed by atoms with Gasteiger partial charge < -0.3 is 11.1 Å². The summed E-state index contributed by atoms with van der Waals surface area (Å²) in [7, 11) is 0. The number of amides is 2. The van der Waals surface area contributed by atoms with Gasteiger partial charge in [0.1, 0.15) is 0 Å². The first-order chi connectivity index (χ1) is 13.4. The molecule has 0 unspecified atom stereocenters. The van der Waals surface area contributed by atoms with E-state index in [0.717, 1.165) is 11.4 Å². The number of aryl methyl sites for hydroxylation is 2. The fourth-order valence-corrected chi connectivity index (χ4v) is 2.99. The van der Waals surface area contributed by atoms with Crippen molar-refractivity contribution in [3.63, 3.8) is 0 Å². The molecular weight excluding hydrogens is 358 g/mol. The SMILES string of the molecule is Cc1cc(C)n(-c2ccc(C(=O)Nc3ccc4[nH]nc(C(N)=O)c4c3)cn2)n1. The standard InChI is InChI=1S/C19H17N7O2/c1-10-7-11(2)26(25-10)16-6-3-12(9-21-16)19(28)22-13-4-5-15-14(8-13)17(18(20)27)24-23-15/h3-9H,1-2H3,(H2,20,27)(H,22,28)(H,23,24). The average Bonchev–Trinajstić information content (AvgIpc) is 3.24. The molecule has 0 saturated carbocycles. The Balaban J connectivity index is 1.57. The number of carbonyl (C=O) groups excluding carboxylic acids is 2. The number of nitrogens with zero attached hydrogens (tertiary/aromatic N) is 4. The molecule has 0 aliphatic carbocycles. The van der Waals surface area contributed by atoms with Gasteiger partial charge in [0.05, 0.1) is 16.8 Å². The molecule has 28 heavy (non-hydrogen) atoms. The number of hydrogen-bond acceptors (Lipinski definition) is 5. The summed E-state index contributed by atoms with van der Waals surface area (Å²) >= 11 is 0. The van der Waals surface area contributed by atoms with Crippen molar-refractivity contribution < 1.29 is 9.59 Å². The maximum Gasteiger partial charge on any atom is 0.269 e. The molecule has 0 fully saturated rings. The topological polar surface area (TPSA) is 132 Å². The Hall–Kier alpha value is -4.01. The van der Waals surface area contributed by atoms with Crippen LogP contribution in [-0.2, 0) is 0 Å². The highest BCUT2D eigenvalue weighted by molar-refractivity contribution is 6.07. The maximum absolute atomic E-state index is 12.5. The van der Waals surface area contributed by atoms with Crippen LogP contribution in [0.15, 0.2) is 42.6 Å². The molecule has 4 aromatic rings. The predicted octanol–water partition coefficient (Wildman–Crippen LogP) is 2.11. The third-order valence-corrected chi connectivity index (χ3v) is 4.29. The van der Waals surface area contributed by atoms with Gasteiger partial charge in [0.15, 0.2) is 11.5 Å². The van der Waals surface area contributed by atoms with E-state index in [9.17, 15) is 9.59 Å². The molecule has 140 valence electrons. The van der Waals surface area contributed by atoms with E-state index in [1.807, 2.05) is 19.9 Å². The van der Waals surface area contributed by atoms with Crippen molar-refractivity contribution in [2.24, 2.45) is 5.73 Å². The number of aromatic nitrogens is 5. The molecule has 0 spiro atoms. The third kappa shape index (κ3) is 3.09. The van der Waals surface area contributed by atoms with Crippen molar-refractivity contribution in [1.82, 2.24) is 25.0 Å². The Morgan fingerprint density at radius 2 is 1.96 bits per heavy atom. The van der Waals surface area contributed by atoms with Crippen molar-refractivity contribution in [2.75, 3.05) is 5.32 Å². The van der Waals surface area contributed by atoms with E-state index in [4.69, 9.17) is 5.73 Å². The zero-order chi connectivity index (χ0) is 19.8. The van der Waals surface area contributed by atoms with E-state index in [1.54, 1.807) is 35.0 Å². The summed E-state index contributed by atoms with van der Waals surface area (Å²) in [4.78, 5) is 28.3. The van der Waals surface area contributed by atoms with Gasteiger partial charge in [0.2, 0.25) is 0 Å². The first-order valence-corrected chi connectivity index (χ1v) is 8.51. The number of hydrogen-bond donors (Lipinski definition) is 3. The normalized spacial score (nSPS) is 10.9. The lowest BCUT2D eigenvalue weighted by molar-refractivity contribution is 0.0995. The largest absolute Gasteiger partial charge is 0.364 e. The van der Waals surface area contributed by atoms with Crippen LogP contribution in [0.3, 0.4) is 0 Å². The molecule has 0 atom stereocenters. The minimum absolute atomic E-state index is 0.127. The van der Waals surface area contributed by atoms with Crippen LogP contribution in [0.25, 0.3) is 16.7 Å². The summed E-state index contributed by atoms with van der Waals surface area (Å²) in [5, 5.41) is 14.3. The molecule has 9 nitrogen and oxygen atoms in total. The number of nitrogens with two attached hydrogens (primary N) is 1. The fourth-order valence-electron chi connectivity index (χ4n) is 2.99. The van der Waals surface area contributed by atoms with E-state index in [2.05, 4.69) is 25.6 Å². The molecule has 9 heteroatoms. The van der Waals surface area contributed by atoms with Crippen molar-refractivity contribution in [3.8, 4) is 5.82 Å². The van der Waals surface area contributed by atoms with Crippen LogP contribution < -0.4 is 11.1 Å². The van der Waals surface area contributed by atoms with E-state index >= 15 is 0 Å². The molecule has 1 aromatic carbocycles. The zero-order valence-electron chi connectivity index (χ0n) is 15.2. The number of nitrogens with one attached hydrogen (secondary N) is 2. The summed E-state index contributed by atoms with van der Waals surface area (Å²) < 4.78 is 1.72. The Kier molecular flexibility index (Phi) is 4.11. The van der Waals surface area contributed by atoms with Crippen molar-refractivity contribution >= 4 is 28.4 Å². The lowest BCUT2D eigenvalue weighted by Gasteiger charge is -2.07. The summed E-state index contributed by atoms with van der Waals surface area (Å²) in [6.45, 7) is 3.85. The van der Waals surface area contributed by atoms with Gasteiger partial charge in [0.25, 0.3) is 11.8 Å². The Bertz CT molecular complexity index is 1200. The molecule has 4 rings (SSSR count). The molecule has 0 aliphatic rings. The quantitative estimate of drug-likeness (QED) is 0.503. The second kappa shape index (κ2) is 6.62. The number of H-pyrrole nitrogens is 1. The van der Waals surface area contributed by atoms with Crippen LogP contribution in [-0.4, -0.2) is 36.8 Å². The van der Waals surface area contributed by atoms with Crippen LogP contribution in [0.5, 0.6) is 0 Å². The number of anilines is 1. The van der Waals surface area contributed by atoms with Crippen molar-refractivity contribution in [3.05, 3.63) is 65.2 Å². The lowest BCUT2D eigenvalue weighted by atomic mass is 10.1. The number of aromatic amines is 1. The molecular formula is C19H17N7O2.